The third-order valence-electron chi connectivity index (χ3n) is 2.52. The molecule has 0 spiro atoms. The molecule has 3 heteroatoms. The van der Waals surface area contributed by atoms with Gasteiger partial charge in [-0.15, -0.1) is 0 Å². The number of aryl methyl sites for hydroxylation is 1. The van der Waals surface area contributed by atoms with E-state index in [-0.39, 0.29) is 0 Å². The number of aliphatic carboxylic acids is 1. The molecule has 1 aromatic rings. The Hall–Kier alpha value is -1.77. The summed E-state index contributed by atoms with van der Waals surface area (Å²) in [5.41, 5.74) is 2.01. The van der Waals surface area contributed by atoms with Gasteiger partial charge in [0.15, 0.2) is 0 Å². The molecule has 0 heterocycles. The number of hydrogen-bond acceptors (Lipinski definition) is 2. The number of carboxylic acids is 1. The van der Waals surface area contributed by atoms with Crippen LogP contribution in [0.5, 0.6) is 5.75 Å². The van der Waals surface area contributed by atoms with Crippen molar-refractivity contribution in [2.75, 3.05) is 7.11 Å². The van der Waals surface area contributed by atoms with Gasteiger partial charge in [-0.2, -0.15) is 0 Å². The van der Waals surface area contributed by atoms with E-state index in [0.29, 0.717) is 0 Å². The molecule has 92 valence electrons. The van der Waals surface area contributed by atoms with Crippen molar-refractivity contribution in [3.8, 4) is 5.75 Å². The van der Waals surface area contributed by atoms with Gasteiger partial charge in [-0.1, -0.05) is 19.4 Å². The lowest BCUT2D eigenvalue weighted by molar-refractivity contribution is -0.131. The van der Waals surface area contributed by atoms with E-state index >= 15 is 0 Å². The number of methoxy groups -OCH3 is 1. The molecule has 0 unspecified atom stereocenters. The third-order valence-corrected chi connectivity index (χ3v) is 2.52. The number of carbonyl (C=O) groups is 1. The van der Waals surface area contributed by atoms with E-state index in [4.69, 9.17) is 9.84 Å². The van der Waals surface area contributed by atoms with Crippen LogP contribution in [0.1, 0.15) is 30.9 Å². The lowest BCUT2D eigenvalue weighted by Crippen LogP contribution is -1.93. The van der Waals surface area contributed by atoms with Gasteiger partial charge in [-0.25, -0.2) is 4.79 Å². The van der Waals surface area contributed by atoms with Crippen molar-refractivity contribution in [3.05, 3.63) is 35.4 Å². The van der Waals surface area contributed by atoms with Crippen LogP contribution in [0, 0.1) is 0 Å². The summed E-state index contributed by atoms with van der Waals surface area (Å²) in [5, 5.41) is 8.57. The molecule has 0 saturated carbocycles. The molecule has 0 aliphatic carbocycles. The van der Waals surface area contributed by atoms with Crippen LogP contribution in [-0.4, -0.2) is 18.2 Å². The number of hydrogen-bond donors (Lipinski definition) is 1. The number of ether oxygens (including phenoxy) is 1. The molecule has 1 N–H and O–H groups in total. The topological polar surface area (TPSA) is 46.5 Å². The smallest absolute Gasteiger partial charge is 0.328 e. The summed E-state index contributed by atoms with van der Waals surface area (Å²) in [6.07, 6.45) is 5.91. The highest BCUT2D eigenvalue weighted by molar-refractivity contribution is 5.85. The summed E-state index contributed by atoms with van der Waals surface area (Å²) in [5.74, 6) is -0.0677. The molecule has 0 saturated heterocycles. The van der Waals surface area contributed by atoms with Gasteiger partial charge in [-0.3, -0.25) is 0 Å². The Kier molecular flexibility index (Phi) is 5.27. The Balaban J connectivity index is 2.91. The zero-order chi connectivity index (χ0) is 12.7. The van der Waals surface area contributed by atoms with E-state index < -0.39 is 5.97 Å². The molecule has 0 amide bonds. The van der Waals surface area contributed by atoms with Gasteiger partial charge in [0.1, 0.15) is 5.75 Å². The van der Waals surface area contributed by atoms with E-state index in [0.717, 1.165) is 42.2 Å². The number of rotatable bonds is 6. The van der Waals surface area contributed by atoms with Gasteiger partial charge in [0, 0.05) is 6.08 Å². The summed E-state index contributed by atoms with van der Waals surface area (Å²) in [6.45, 7) is 2.14. The molecule has 0 aromatic heterocycles. The fourth-order valence-electron chi connectivity index (χ4n) is 1.63. The van der Waals surface area contributed by atoms with Crippen molar-refractivity contribution < 1.29 is 14.6 Å². The highest BCUT2D eigenvalue weighted by Crippen LogP contribution is 2.22. The first-order valence-corrected chi connectivity index (χ1v) is 5.75. The maximum Gasteiger partial charge on any atom is 0.328 e. The lowest BCUT2D eigenvalue weighted by Gasteiger charge is -2.08. The van der Waals surface area contributed by atoms with Gasteiger partial charge in [0.2, 0.25) is 0 Å². The molecule has 3 nitrogen and oxygen atoms in total. The highest BCUT2D eigenvalue weighted by Gasteiger charge is 2.03. The predicted molar refractivity (Wildman–Crippen MR) is 68.3 cm³/mol. The Labute approximate surface area is 102 Å². The molecule has 1 aromatic carbocycles. The van der Waals surface area contributed by atoms with Crippen molar-refractivity contribution in [3.63, 3.8) is 0 Å². The Morgan fingerprint density at radius 3 is 2.82 bits per heavy atom. The lowest BCUT2D eigenvalue weighted by atomic mass is 10.0. The summed E-state index contributed by atoms with van der Waals surface area (Å²) in [6, 6.07) is 5.72. The van der Waals surface area contributed by atoms with Crippen molar-refractivity contribution in [2.24, 2.45) is 0 Å². The van der Waals surface area contributed by atoms with Crippen molar-refractivity contribution in [2.45, 2.75) is 26.2 Å². The number of carboxylic acid groups (broad SMARTS) is 1. The summed E-state index contributed by atoms with van der Waals surface area (Å²) in [7, 11) is 1.65. The maximum absolute atomic E-state index is 10.4. The van der Waals surface area contributed by atoms with Crippen LogP contribution in [-0.2, 0) is 11.2 Å². The van der Waals surface area contributed by atoms with Crippen LogP contribution < -0.4 is 4.74 Å². The van der Waals surface area contributed by atoms with Crippen LogP contribution in [0.15, 0.2) is 24.3 Å². The van der Waals surface area contributed by atoms with E-state index in [1.807, 2.05) is 18.2 Å². The molecule has 0 bridgehead atoms. The minimum absolute atomic E-state index is 0.867. The molecule has 0 atom stereocenters. The Morgan fingerprint density at radius 1 is 1.47 bits per heavy atom. The van der Waals surface area contributed by atoms with Gasteiger partial charge >= 0.3 is 5.97 Å². The summed E-state index contributed by atoms with van der Waals surface area (Å²) >= 11 is 0. The second-order valence-electron chi connectivity index (χ2n) is 3.85. The average Bonchev–Trinajstić information content (AvgIpc) is 2.33. The summed E-state index contributed by atoms with van der Waals surface area (Å²) < 4.78 is 5.28. The fraction of sp³-hybridized carbons (Fsp3) is 0.357. The SMILES string of the molecule is CCCCc1cc(C=CC(=O)O)ccc1OC. The van der Waals surface area contributed by atoms with Crippen LogP contribution in [0.3, 0.4) is 0 Å². The van der Waals surface area contributed by atoms with Crippen LogP contribution in [0.25, 0.3) is 6.08 Å². The van der Waals surface area contributed by atoms with E-state index in [9.17, 15) is 4.79 Å². The molecular weight excluding hydrogens is 216 g/mol. The zero-order valence-electron chi connectivity index (χ0n) is 10.3. The maximum atomic E-state index is 10.4. The zero-order valence-corrected chi connectivity index (χ0v) is 10.3. The van der Waals surface area contributed by atoms with Gasteiger partial charge < -0.3 is 9.84 Å². The molecule has 17 heavy (non-hydrogen) atoms. The van der Waals surface area contributed by atoms with E-state index in [1.165, 1.54) is 0 Å². The predicted octanol–water partition coefficient (Wildman–Crippen LogP) is 3.14. The Morgan fingerprint density at radius 2 is 2.24 bits per heavy atom. The first-order valence-electron chi connectivity index (χ1n) is 5.75. The van der Waals surface area contributed by atoms with E-state index in [2.05, 4.69) is 6.92 Å². The molecule has 0 aliphatic heterocycles. The standard InChI is InChI=1S/C14H18O3/c1-3-4-5-12-10-11(7-9-14(15)16)6-8-13(12)17-2/h6-10H,3-5H2,1-2H3,(H,15,16). The second-order valence-corrected chi connectivity index (χ2v) is 3.85. The monoisotopic (exact) mass is 234 g/mol. The fourth-order valence-corrected chi connectivity index (χ4v) is 1.63. The number of unbranched alkanes of at least 4 members (excludes halogenated alkanes) is 1. The van der Waals surface area contributed by atoms with Gasteiger partial charge in [-0.05, 0) is 42.2 Å². The quantitative estimate of drug-likeness (QED) is 0.769. The molecular formula is C14H18O3. The minimum Gasteiger partial charge on any atom is -0.496 e. The van der Waals surface area contributed by atoms with Gasteiger partial charge in [0.05, 0.1) is 7.11 Å². The van der Waals surface area contributed by atoms with Crippen LogP contribution >= 0.6 is 0 Å². The third kappa shape index (κ3) is 4.31. The van der Waals surface area contributed by atoms with E-state index in [1.54, 1.807) is 13.2 Å². The molecule has 0 radical (unpaired) electrons. The second kappa shape index (κ2) is 6.74. The summed E-state index contributed by atoms with van der Waals surface area (Å²) in [4.78, 5) is 10.4. The normalized spacial score (nSPS) is 10.7. The molecule has 0 aliphatic rings. The first-order chi connectivity index (χ1) is 8.17. The Bertz CT molecular complexity index is 408. The van der Waals surface area contributed by atoms with Crippen molar-refractivity contribution in [1.82, 2.24) is 0 Å². The number of benzene rings is 1. The van der Waals surface area contributed by atoms with Crippen molar-refractivity contribution in [1.29, 1.82) is 0 Å². The minimum atomic E-state index is -0.934. The molecule has 1 rings (SSSR count). The van der Waals surface area contributed by atoms with Gasteiger partial charge in [0.25, 0.3) is 0 Å². The highest BCUT2D eigenvalue weighted by atomic mass is 16.5. The largest absolute Gasteiger partial charge is 0.496 e. The average molecular weight is 234 g/mol. The van der Waals surface area contributed by atoms with Crippen LogP contribution in [0.4, 0.5) is 0 Å². The first kappa shape index (κ1) is 13.3. The van der Waals surface area contributed by atoms with Crippen LogP contribution in [0.2, 0.25) is 0 Å². The molecule has 0 fully saturated rings. The van der Waals surface area contributed by atoms with Crippen molar-refractivity contribution >= 4 is 12.0 Å².